The van der Waals surface area contributed by atoms with Crippen LogP contribution in [0.4, 0.5) is 0 Å². The molecule has 29 heavy (non-hydrogen) atoms. The summed E-state index contributed by atoms with van der Waals surface area (Å²) in [6.45, 7) is 3.99. The predicted octanol–water partition coefficient (Wildman–Crippen LogP) is 5.75. The first-order valence-corrected chi connectivity index (χ1v) is 11.8. The summed E-state index contributed by atoms with van der Waals surface area (Å²) in [5, 5.41) is 24.6. The summed E-state index contributed by atoms with van der Waals surface area (Å²) in [7, 11) is 0. The fourth-order valence-electron chi connectivity index (χ4n) is 3.94. The number of unbranched alkanes of at least 4 members (excludes halogenated alkanes) is 4. The summed E-state index contributed by atoms with van der Waals surface area (Å²) in [4.78, 5) is 0. The van der Waals surface area contributed by atoms with E-state index in [1.54, 1.807) is 0 Å². The van der Waals surface area contributed by atoms with Gasteiger partial charge in [-0.25, -0.2) is 0 Å². The topological polar surface area (TPSA) is 52.5 Å². The van der Waals surface area contributed by atoms with Crippen LogP contribution in [0.5, 0.6) is 0 Å². The lowest BCUT2D eigenvalue weighted by Gasteiger charge is -2.38. The average Bonchev–Trinajstić information content (AvgIpc) is 2.75. The van der Waals surface area contributed by atoms with Gasteiger partial charge in [0.25, 0.3) is 0 Å². The highest BCUT2D eigenvalue weighted by Gasteiger charge is 2.38. The second-order valence-electron chi connectivity index (χ2n) is 7.84. The molecule has 0 aliphatic heterocycles. The Morgan fingerprint density at radius 3 is 2.31 bits per heavy atom. The van der Waals surface area contributed by atoms with E-state index in [0.29, 0.717) is 6.54 Å². The predicted molar refractivity (Wildman–Crippen MR) is 125 cm³/mol. The Kier molecular flexibility index (Phi) is 10.9. The molecule has 0 fully saturated rings. The number of benzene rings is 2. The van der Waals surface area contributed by atoms with Gasteiger partial charge in [0.05, 0.1) is 5.60 Å². The van der Waals surface area contributed by atoms with E-state index < -0.39 is 5.60 Å². The molecule has 2 aromatic rings. The minimum atomic E-state index is -0.931. The van der Waals surface area contributed by atoms with Gasteiger partial charge in [-0.05, 0) is 49.1 Å². The molecule has 0 unspecified atom stereocenters. The first kappa shape index (κ1) is 24.1. The quantitative estimate of drug-likeness (QED) is 0.313. The van der Waals surface area contributed by atoms with Gasteiger partial charge in [0.1, 0.15) is 0 Å². The van der Waals surface area contributed by atoms with Gasteiger partial charge in [-0.2, -0.15) is 0 Å². The highest BCUT2D eigenvalue weighted by Crippen LogP contribution is 2.41. The molecule has 4 heteroatoms. The highest BCUT2D eigenvalue weighted by atomic mass is 79.9. The van der Waals surface area contributed by atoms with Crippen molar-refractivity contribution < 1.29 is 10.2 Å². The van der Waals surface area contributed by atoms with Gasteiger partial charge in [0, 0.05) is 23.5 Å². The SMILES string of the molecule is CCCCCC[C@](O)(c1ccc(Br)cc1)[C@@H](CNCCCCO)c1ccccc1. The molecule has 3 nitrogen and oxygen atoms in total. The number of hydrogen-bond acceptors (Lipinski definition) is 3. The van der Waals surface area contributed by atoms with Crippen LogP contribution in [0, 0.1) is 0 Å². The Bertz CT molecular complexity index is 677. The van der Waals surface area contributed by atoms with Crippen molar-refractivity contribution in [2.24, 2.45) is 0 Å². The maximum absolute atomic E-state index is 12.1. The van der Waals surface area contributed by atoms with E-state index in [9.17, 15) is 5.11 Å². The van der Waals surface area contributed by atoms with Crippen molar-refractivity contribution >= 4 is 15.9 Å². The van der Waals surface area contributed by atoms with E-state index in [2.05, 4.69) is 40.3 Å². The molecule has 0 saturated heterocycles. The molecule has 0 aliphatic rings. The van der Waals surface area contributed by atoms with Crippen LogP contribution >= 0.6 is 15.9 Å². The zero-order valence-corrected chi connectivity index (χ0v) is 19.2. The Balaban J connectivity index is 2.29. The van der Waals surface area contributed by atoms with Crippen LogP contribution in [0.3, 0.4) is 0 Å². The minimum absolute atomic E-state index is 0.0411. The van der Waals surface area contributed by atoms with E-state index in [1.807, 2.05) is 42.5 Å². The summed E-state index contributed by atoms with van der Waals surface area (Å²) in [6.07, 6.45) is 7.01. The molecule has 0 saturated carbocycles. The number of aliphatic hydroxyl groups is 2. The van der Waals surface area contributed by atoms with Crippen molar-refractivity contribution in [2.75, 3.05) is 19.7 Å². The second kappa shape index (κ2) is 13.2. The van der Waals surface area contributed by atoms with E-state index in [4.69, 9.17) is 5.11 Å². The Hall–Kier alpha value is -1.20. The van der Waals surface area contributed by atoms with Gasteiger partial charge in [-0.1, -0.05) is 91.0 Å². The van der Waals surface area contributed by atoms with Gasteiger partial charge in [0.2, 0.25) is 0 Å². The number of nitrogens with one attached hydrogen (secondary N) is 1. The molecule has 0 amide bonds. The smallest absolute Gasteiger partial charge is 0.0976 e. The molecular weight excluding hydrogens is 426 g/mol. The molecule has 3 N–H and O–H groups in total. The molecule has 0 aromatic heterocycles. The van der Waals surface area contributed by atoms with Crippen molar-refractivity contribution in [1.29, 1.82) is 0 Å². The maximum atomic E-state index is 12.1. The standard InChI is InChI=1S/C25H36BrNO2/c1-2-3-4-8-17-25(29,22-13-15-23(26)16-14-22)24(20-27-18-9-10-19-28)21-11-6-5-7-12-21/h5-7,11-16,24,27-29H,2-4,8-10,17-20H2,1H3/t24-,25-/m0/s1. The molecule has 2 rings (SSSR count). The maximum Gasteiger partial charge on any atom is 0.0976 e. The highest BCUT2D eigenvalue weighted by molar-refractivity contribution is 9.10. The van der Waals surface area contributed by atoms with Crippen LogP contribution in [0.25, 0.3) is 0 Å². The fraction of sp³-hybridized carbons (Fsp3) is 0.520. The fourth-order valence-corrected chi connectivity index (χ4v) is 4.20. The summed E-state index contributed by atoms with van der Waals surface area (Å²) >= 11 is 3.52. The number of rotatable bonds is 14. The van der Waals surface area contributed by atoms with Gasteiger partial charge in [0.15, 0.2) is 0 Å². The summed E-state index contributed by atoms with van der Waals surface area (Å²) in [5.41, 5.74) is 1.20. The van der Waals surface area contributed by atoms with Crippen LogP contribution in [0.15, 0.2) is 59.1 Å². The van der Waals surface area contributed by atoms with Crippen molar-refractivity contribution in [2.45, 2.75) is 63.4 Å². The Morgan fingerprint density at radius 2 is 1.66 bits per heavy atom. The van der Waals surface area contributed by atoms with Crippen molar-refractivity contribution in [3.8, 4) is 0 Å². The Labute approximate surface area is 184 Å². The molecule has 0 aliphatic carbocycles. The minimum Gasteiger partial charge on any atom is -0.396 e. The third-order valence-corrected chi connectivity index (χ3v) is 6.17. The van der Waals surface area contributed by atoms with Gasteiger partial charge >= 0.3 is 0 Å². The van der Waals surface area contributed by atoms with E-state index in [0.717, 1.165) is 54.2 Å². The monoisotopic (exact) mass is 461 g/mol. The van der Waals surface area contributed by atoms with Crippen molar-refractivity contribution in [1.82, 2.24) is 5.32 Å². The summed E-state index contributed by atoms with van der Waals surface area (Å²) in [5.74, 6) is -0.0411. The molecule has 2 atom stereocenters. The van der Waals surface area contributed by atoms with Crippen LogP contribution in [0.2, 0.25) is 0 Å². The van der Waals surface area contributed by atoms with E-state index in [-0.39, 0.29) is 12.5 Å². The van der Waals surface area contributed by atoms with Crippen LogP contribution < -0.4 is 5.32 Å². The number of halogens is 1. The zero-order chi connectivity index (χ0) is 21.0. The molecule has 0 bridgehead atoms. The molecular formula is C25H36BrNO2. The lowest BCUT2D eigenvalue weighted by molar-refractivity contribution is -0.00407. The van der Waals surface area contributed by atoms with Crippen molar-refractivity contribution in [3.05, 3.63) is 70.2 Å². The van der Waals surface area contributed by atoms with Gasteiger partial charge < -0.3 is 15.5 Å². The third-order valence-electron chi connectivity index (χ3n) is 5.64. The average molecular weight is 462 g/mol. The van der Waals surface area contributed by atoms with Crippen LogP contribution in [-0.2, 0) is 5.60 Å². The first-order valence-electron chi connectivity index (χ1n) is 11.0. The molecule has 0 spiro atoms. The lowest BCUT2D eigenvalue weighted by Crippen LogP contribution is -2.40. The van der Waals surface area contributed by atoms with Crippen LogP contribution in [-0.4, -0.2) is 29.9 Å². The summed E-state index contributed by atoms with van der Waals surface area (Å²) < 4.78 is 1.02. The van der Waals surface area contributed by atoms with Gasteiger partial charge in [-0.15, -0.1) is 0 Å². The number of hydrogen-bond donors (Lipinski definition) is 3. The first-order chi connectivity index (χ1) is 14.1. The largest absolute Gasteiger partial charge is 0.396 e. The molecule has 0 heterocycles. The summed E-state index contributed by atoms with van der Waals surface area (Å²) in [6, 6.07) is 18.5. The van der Waals surface area contributed by atoms with Crippen LogP contribution in [0.1, 0.15) is 68.9 Å². The third kappa shape index (κ3) is 7.53. The van der Waals surface area contributed by atoms with E-state index in [1.165, 1.54) is 12.8 Å². The lowest BCUT2D eigenvalue weighted by atomic mass is 9.74. The second-order valence-corrected chi connectivity index (χ2v) is 8.76. The number of aliphatic hydroxyl groups excluding tert-OH is 1. The van der Waals surface area contributed by atoms with Crippen molar-refractivity contribution in [3.63, 3.8) is 0 Å². The molecule has 0 radical (unpaired) electrons. The van der Waals surface area contributed by atoms with Gasteiger partial charge in [-0.3, -0.25) is 0 Å². The molecule has 2 aromatic carbocycles. The zero-order valence-electron chi connectivity index (χ0n) is 17.6. The van der Waals surface area contributed by atoms with E-state index >= 15 is 0 Å². The Morgan fingerprint density at radius 1 is 0.931 bits per heavy atom. The normalized spacial score (nSPS) is 14.5. The molecule has 160 valence electrons.